The van der Waals surface area contributed by atoms with Gasteiger partial charge in [-0.3, -0.25) is 24.9 Å². The third-order valence-corrected chi connectivity index (χ3v) is 5.60. The fourth-order valence-electron chi connectivity index (χ4n) is 3.71. The van der Waals surface area contributed by atoms with Crippen molar-refractivity contribution in [3.63, 3.8) is 0 Å². The highest BCUT2D eigenvalue weighted by Gasteiger charge is 2.19. The smallest absolute Gasteiger partial charge is 0.275 e. The summed E-state index contributed by atoms with van der Waals surface area (Å²) in [6.45, 7) is 8.25. The fraction of sp³-hybridized carbons (Fsp3) is 0.522. The number of hydrogen-bond donors (Lipinski definition) is 3. The van der Waals surface area contributed by atoms with E-state index in [0.29, 0.717) is 18.2 Å². The zero-order chi connectivity index (χ0) is 21.8. The Hall–Kier alpha value is -2.35. The quantitative estimate of drug-likeness (QED) is 0.238. The van der Waals surface area contributed by atoms with E-state index < -0.39 is 5.91 Å². The standard InChI is InChI=1S/C23H35N5O2/c1-4-19-8-6-7-9-21(19)22(24-3)16-25-14-18-10-12-28(13-11-18)17-26-15-20(5-2)23(29)27-30/h5-9,15,18,25,30H,4,10-14,16-17H2,1-3H3,(H,27,29)/b20-5+,24-22?,26-15-. The van der Waals surface area contributed by atoms with Crippen molar-refractivity contribution in [2.75, 3.05) is 39.9 Å². The topological polar surface area (TPSA) is 89.3 Å². The molecule has 1 aromatic rings. The van der Waals surface area contributed by atoms with Crippen LogP contribution < -0.4 is 10.8 Å². The second kappa shape index (κ2) is 13.1. The van der Waals surface area contributed by atoms with Crippen LogP contribution in [0.4, 0.5) is 0 Å². The molecule has 164 valence electrons. The van der Waals surface area contributed by atoms with Crippen LogP contribution in [0.25, 0.3) is 0 Å². The molecule has 30 heavy (non-hydrogen) atoms. The number of benzene rings is 1. The van der Waals surface area contributed by atoms with Crippen LogP contribution >= 0.6 is 0 Å². The van der Waals surface area contributed by atoms with Gasteiger partial charge in [0, 0.05) is 32.9 Å². The van der Waals surface area contributed by atoms with Crippen molar-refractivity contribution in [1.29, 1.82) is 0 Å². The van der Waals surface area contributed by atoms with Gasteiger partial charge in [-0.1, -0.05) is 37.3 Å². The lowest BCUT2D eigenvalue weighted by Crippen LogP contribution is -2.38. The molecule has 1 aromatic carbocycles. The van der Waals surface area contributed by atoms with Crippen LogP contribution in [0.1, 0.15) is 37.8 Å². The number of carbonyl (C=O) groups is 1. The minimum absolute atomic E-state index is 0.356. The first-order chi connectivity index (χ1) is 14.6. The summed E-state index contributed by atoms with van der Waals surface area (Å²) in [6.07, 6.45) is 6.40. The molecule has 1 aliphatic rings. The van der Waals surface area contributed by atoms with Crippen LogP contribution in [0.5, 0.6) is 0 Å². The van der Waals surface area contributed by atoms with Crippen LogP contribution in [0.15, 0.2) is 45.9 Å². The van der Waals surface area contributed by atoms with Gasteiger partial charge in [0.1, 0.15) is 0 Å². The molecule has 0 bridgehead atoms. The van der Waals surface area contributed by atoms with Crippen LogP contribution in [0.3, 0.4) is 0 Å². The van der Waals surface area contributed by atoms with E-state index in [-0.39, 0.29) is 0 Å². The average Bonchev–Trinajstić information content (AvgIpc) is 2.80. The number of carbonyl (C=O) groups excluding carboxylic acids is 1. The van der Waals surface area contributed by atoms with E-state index >= 15 is 0 Å². The van der Waals surface area contributed by atoms with Crippen LogP contribution in [-0.2, 0) is 11.2 Å². The van der Waals surface area contributed by atoms with Gasteiger partial charge in [-0.2, -0.15) is 0 Å². The molecule has 7 nitrogen and oxygen atoms in total. The molecule has 7 heteroatoms. The second-order valence-corrected chi connectivity index (χ2v) is 7.51. The van der Waals surface area contributed by atoms with Crippen molar-refractivity contribution < 1.29 is 10.0 Å². The van der Waals surface area contributed by atoms with E-state index in [1.54, 1.807) is 18.5 Å². The highest BCUT2D eigenvalue weighted by atomic mass is 16.5. The Labute approximate surface area is 179 Å². The maximum absolute atomic E-state index is 11.4. The number of nitrogens with zero attached hydrogens (tertiary/aromatic N) is 3. The van der Waals surface area contributed by atoms with Gasteiger partial charge in [0.05, 0.1) is 18.0 Å². The summed E-state index contributed by atoms with van der Waals surface area (Å²) >= 11 is 0. The van der Waals surface area contributed by atoms with Crippen LogP contribution in [0.2, 0.25) is 0 Å². The molecule has 0 atom stereocenters. The lowest BCUT2D eigenvalue weighted by Gasteiger charge is -2.31. The van der Waals surface area contributed by atoms with Crippen molar-refractivity contribution in [3.8, 4) is 0 Å². The monoisotopic (exact) mass is 413 g/mol. The molecule has 1 heterocycles. The molecule has 1 fully saturated rings. The molecule has 0 unspecified atom stereocenters. The second-order valence-electron chi connectivity index (χ2n) is 7.51. The zero-order valence-corrected chi connectivity index (χ0v) is 18.4. The number of allylic oxidation sites excluding steroid dienone is 1. The van der Waals surface area contributed by atoms with E-state index in [1.807, 2.05) is 7.05 Å². The van der Waals surface area contributed by atoms with E-state index in [9.17, 15) is 4.79 Å². The first-order valence-electron chi connectivity index (χ1n) is 10.7. The lowest BCUT2D eigenvalue weighted by molar-refractivity contribution is -0.124. The van der Waals surface area contributed by atoms with Gasteiger partial charge in [-0.25, -0.2) is 5.48 Å². The molecule has 0 spiro atoms. The highest BCUT2D eigenvalue weighted by Crippen LogP contribution is 2.16. The Morgan fingerprint density at radius 1 is 1.30 bits per heavy atom. The molecule has 1 amide bonds. The molecule has 0 aromatic heterocycles. The third kappa shape index (κ3) is 7.16. The molecule has 0 saturated carbocycles. The van der Waals surface area contributed by atoms with E-state index in [4.69, 9.17) is 5.21 Å². The Balaban J connectivity index is 1.73. The van der Waals surface area contributed by atoms with Gasteiger partial charge >= 0.3 is 0 Å². The number of amides is 1. The first-order valence-corrected chi connectivity index (χ1v) is 10.7. The van der Waals surface area contributed by atoms with Crippen molar-refractivity contribution in [2.45, 2.75) is 33.1 Å². The number of hydrogen-bond acceptors (Lipinski definition) is 6. The van der Waals surface area contributed by atoms with Crippen LogP contribution in [-0.4, -0.2) is 67.8 Å². The third-order valence-electron chi connectivity index (χ3n) is 5.60. The summed E-state index contributed by atoms with van der Waals surface area (Å²) < 4.78 is 0. The summed E-state index contributed by atoms with van der Waals surface area (Å²) in [5, 5.41) is 12.3. The van der Waals surface area contributed by atoms with E-state index in [1.165, 1.54) is 17.3 Å². The average molecular weight is 414 g/mol. The molecule has 0 aliphatic carbocycles. The van der Waals surface area contributed by atoms with Crippen molar-refractivity contribution >= 4 is 17.8 Å². The normalized spacial score (nSPS) is 16.9. The molecule has 3 N–H and O–H groups in total. The fourth-order valence-corrected chi connectivity index (χ4v) is 3.71. The van der Waals surface area contributed by atoms with Gasteiger partial charge in [0.15, 0.2) is 0 Å². The SMILES string of the molecule is C/C=C(\C=N/CN1CCC(CNCC(=NC)c2ccccc2CC)CC1)C(=O)NO. The summed E-state index contributed by atoms with van der Waals surface area (Å²) in [7, 11) is 1.87. The Kier molecular flexibility index (Phi) is 10.4. The number of aliphatic imine (C=N–C) groups is 2. The van der Waals surface area contributed by atoms with Gasteiger partial charge in [0.25, 0.3) is 5.91 Å². The predicted molar refractivity (Wildman–Crippen MR) is 122 cm³/mol. The Morgan fingerprint density at radius 2 is 2.03 bits per heavy atom. The minimum Gasteiger partial charge on any atom is -0.311 e. The molecular weight excluding hydrogens is 378 g/mol. The number of aryl methyl sites for hydroxylation is 1. The maximum Gasteiger partial charge on any atom is 0.275 e. The van der Waals surface area contributed by atoms with Crippen molar-refractivity contribution in [2.24, 2.45) is 15.9 Å². The van der Waals surface area contributed by atoms with Crippen LogP contribution in [0, 0.1) is 5.92 Å². The maximum atomic E-state index is 11.4. The van der Waals surface area contributed by atoms with Gasteiger partial charge in [-0.15, -0.1) is 0 Å². The summed E-state index contributed by atoms with van der Waals surface area (Å²) in [5.74, 6) is 0.110. The first kappa shape index (κ1) is 23.9. The van der Waals surface area contributed by atoms with Gasteiger partial charge in [0.2, 0.25) is 0 Å². The summed E-state index contributed by atoms with van der Waals surface area (Å²) in [5.41, 5.74) is 5.69. The number of piperidine rings is 1. The number of nitrogens with one attached hydrogen (secondary N) is 2. The molecule has 1 saturated heterocycles. The Morgan fingerprint density at radius 3 is 2.67 bits per heavy atom. The van der Waals surface area contributed by atoms with E-state index in [2.05, 4.69) is 51.4 Å². The predicted octanol–water partition coefficient (Wildman–Crippen LogP) is 2.45. The van der Waals surface area contributed by atoms with Crippen molar-refractivity contribution in [1.82, 2.24) is 15.7 Å². The largest absolute Gasteiger partial charge is 0.311 e. The summed E-state index contributed by atoms with van der Waals surface area (Å²) in [6, 6.07) is 8.49. The minimum atomic E-state index is -0.539. The molecular formula is C23H35N5O2. The summed E-state index contributed by atoms with van der Waals surface area (Å²) in [4.78, 5) is 22.6. The van der Waals surface area contributed by atoms with Crippen molar-refractivity contribution in [3.05, 3.63) is 47.0 Å². The zero-order valence-electron chi connectivity index (χ0n) is 18.4. The number of hydroxylamine groups is 1. The Bertz CT molecular complexity index is 765. The molecule has 2 rings (SSSR count). The number of rotatable bonds is 10. The highest BCUT2D eigenvalue weighted by molar-refractivity contribution is 6.11. The molecule has 0 radical (unpaired) electrons. The molecule has 1 aliphatic heterocycles. The van der Waals surface area contributed by atoms with Gasteiger partial charge in [-0.05, 0) is 49.8 Å². The van der Waals surface area contributed by atoms with E-state index in [0.717, 1.165) is 51.2 Å². The lowest BCUT2D eigenvalue weighted by atomic mass is 9.96. The van der Waals surface area contributed by atoms with Gasteiger partial charge < -0.3 is 5.32 Å². The number of likely N-dealkylation sites (tertiary alicyclic amines) is 1.